The summed E-state index contributed by atoms with van der Waals surface area (Å²) in [6.07, 6.45) is 0. The number of benzene rings is 2. The minimum atomic E-state index is 0.0192. The van der Waals surface area contributed by atoms with Gasteiger partial charge in [-0.3, -0.25) is 0 Å². The average molecular weight is 267 g/mol. The van der Waals surface area contributed by atoms with Crippen LogP contribution in [0.2, 0.25) is 0 Å². The summed E-state index contributed by atoms with van der Waals surface area (Å²) < 4.78 is 5.57. The Morgan fingerprint density at radius 1 is 0.950 bits per heavy atom. The number of hydrogen-bond acceptors (Lipinski definition) is 2. The number of anilines is 1. The molecule has 1 fully saturated rings. The molecule has 2 nitrogen and oxygen atoms in total. The molecule has 1 heterocycles. The van der Waals surface area contributed by atoms with Crippen molar-refractivity contribution in [2.24, 2.45) is 0 Å². The van der Waals surface area contributed by atoms with Gasteiger partial charge in [-0.1, -0.05) is 30.3 Å². The molecular formula is C18H21NO. The zero-order valence-corrected chi connectivity index (χ0v) is 12.4. The standard InChI is InChI=1S/C18H21NO/c1-13-7-8-16(9-14(13)2)18(11-20-12-18)15-5-4-6-17(10-15)19-3/h4-10,19H,11-12H2,1-3H3. The van der Waals surface area contributed by atoms with E-state index in [-0.39, 0.29) is 5.41 Å². The lowest BCUT2D eigenvalue weighted by atomic mass is 9.72. The van der Waals surface area contributed by atoms with E-state index in [2.05, 4.69) is 61.6 Å². The van der Waals surface area contributed by atoms with Crippen molar-refractivity contribution in [1.29, 1.82) is 0 Å². The fourth-order valence-electron chi connectivity index (χ4n) is 2.82. The summed E-state index contributed by atoms with van der Waals surface area (Å²) in [5.41, 5.74) is 6.55. The Kier molecular flexibility index (Phi) is 3.27. The molecule has 1 N–H and O–H groups in total. The fraction of sp³-hybridized carbons (Fsp3) is 0.333. The molecule has 0 bridgehead atoms. The highest BCUT2D eigenvalue weighted by Gasteiger charge is 2.42. The fourth-order valence-corrected chi connectivity index (χ4v) is 2.82. The molecule has 104 valence electrons. The Balaban J connectivity index is 2.08. The lowest BCUT2D eigenvalue weighted by Crippen LogP contribution is -2.47. The van der Waals surface area contributed by atoms with Crippen LogP contribution in [-0.4, -0.2) is 20.3 Å². The molecule has 1 aliphatic heterocycles. The van der Waals surface area contributed by atoms with Crippen LogP contribution in [0.4, 0.5) is 5.69 Å². The van der Waals surface area contributed by atoms with Gasteiger partial charge in [0.05, 0.1) is 18.6 Å². The number of hydrogen-bond donors (Lipinski definition) is 1. The smallest absolute Gasteiger partial charge is 0.0670 e. The summed E-state index contributed by atoms with van der Waals surface area (Å²) in [6, 6.07) is 15.4. The predicted molar refractivity (Wildman–Crippen MR) is 83.5 cm³/mol. The van der Waals surface area contributed by atoms with Crippen LogP contribution in [0.25, 0.3) is 0 Å². The molecule has 1 saturated heterocycles. The highest BCUT2D eigenvalue weighted by atomic mass is 16.5. The largest absolute Gasteiger partial charge is 0.388 e. The SMILES string of the molecule is CNc1cccc(C2(c3ccc(C)c(C)c3)COC2)c1. The Morgan fingerprint density at radius 3 is 2.30 bits per heavy atom. The monoisotopic (exact) mass is 267 g/mol. The summed E-state index contributed by atoms with van der Waals surface area (Å²) in [4.78, 5) is 0. The summed E-state index contributed by atoms with van der Waals surface area (Å²) in [6.45, 7) is 5.87. The molecule has 1 aliphatic rings. The zero-order valence-electron chi connectivity index (χ0n) is 12.4. The van der Waals surface area contributed by atoms with Crippen LogP contribution in [-0.2, 0) is 10.2 Å². The van der Waals surface area contributed by atoms with Crippen LogP contribution < -0.4 is 5.32 Å². The van der Waals surface area contributed by atoms with Crippen molar-refractivity contribution in [2.75, 3.05) is 25.6 Å². The molecule has 0 saturated carbocycles. The third kappa shape index (κ3) is 2.01. The van der Waals surface area contributed by atoms with E-state index in [0.29, 0.717) is 0 Å². The number of nitrogens with one attached hydrogen (secondary N) is 1. The van der Waals surface area contributed by atoms with E-state index in [9.17, 15) is 0 Å². The minimum absolute atomic E-state index is 0.0192. The van der Waals surface area contributed by atoms with Gasteiger partial charge in [0.15, 0.2) is 0 Å². The van der Waals surface area contributed by atoms with Gasteiger partial charge in [0.25, 0.3) is 0 Å². The normalized spacial score (nSPS) is 16.6. The maximum absolute atomic E-state index is 5.57. The second kappa shape index (κ2) is 4.95. The Hall–Kier alpha value is -1.80. The molecule has 0 atom stereocenters. The van der Waals surface area contributed by atoms with Crippen LogP contribution >= 0.6 is 0 Å². The van der Waals surface area contributed by atoms with Gasteiger partial charge in [0.1, 0.15) is 0 Å². The zero-order chi connectivity index (χ0) is 14.2. The second-order valence-electron chi connectivity index (χ2n) is 5.70. The summed E-state index contributed by atoms with van der Waals surface area (Å²) >= 11 is 0. The minimum Gasteiger partial charge on any atom is -0.388 e. The Labute approximate surface area is 120 Å². The van der Waals surface area contributed by atoms with Crippen molar-refractivity contribution in [3.63, 3.8) is 0 Å². The lowest BCUT2D eigenvalue weighted by molar-refractivity contribution is -0.0379. The first-order valence-corrected chi connectivity index (χ1v) is 7.09. The molecule has 0 unspecified atom stereocenters. The van der Waals surface area contributed by atoms with E-state index in [1.54, 1.807) is 0 Å². The van der Waals surface area contributed by atoms with Crippen molar-refractivity contribution in [3.05, 3.63) is 64.7 Å². The highest BCUT2D eigenvalue weighted by molar-refractivity contribution is 5.52. The third-order valence-corrected chi connectivity index (χ3v) is 4.46. The summed E-state index contributed by atoms with van der Waals surface area (Å²) in [7, 11) is 1.96. The molecule has 2 heteroatoms. The van der Waals surface area contributed by atoms with Gasteiger partial charge >= 0.3 is 0 Å². The van der Waals surface area contributed by atoms with Crippen molar-refractivity contribution in [2.45, 2.75) is 19.3 Å². The number of rotatable bonds is 3. The summed E-state index contributed by atoms with van der Waals surface area (Å²) in [5.74, 6) is 0. The van der Waals surface area contributed by atoms with Gasteiger partial charge in [-0.05, 0) is 48.2 Å². The molecule has 0 amide bonds. The van der Waals surface area contributed by atoms with Crippen LogP contribution in [0.5, 0.6) is 0 Å². The maximum Gasteiger partial charge on any atom is 0.0670 e. The predicted octanol–water partition coefficient (Wildman–Crippen LogP) is 3.66. The highest BCUT2D eigenvalue weighted by Crippen LogP contribution is 2.40. The Morgan fingerprint density at radius 2 is 1.70 bits per heavy atom. The van der Waals surface area contributed by atoms with E-state index in [0.717, 1.165) is 18.9 Å². The van der Waals surface area contributed by atoms with Gasteiger partial charge in [-0.25, -0.2) is 0 Å². The molecule has 2 aromatic carbocycles. The van der Waals surface area contributed by atoms with Crippen molar-refractivity contribution in [3.8, 4) is 0 Å². The van der Waals surface area contributed by atoms with Crippen molar-refractivity contribution < 1.29 is 4.74 Å². The van der Waals surface area contributed by atoms with E-state index >= 15 is 0 Å². The first-order chi connectivity index (χ1) is 9.65. The van der Waals surface area contributed by atoms with E-state index in [1.165, 1.54) is 22.3 Å². The molecule has 0 radical (unpaired) electrons. The molecule has 0 aliphatic carbocycles. The van der Waals surface area contributed by atoms with Crippen molar-refractivity contribution in [1.82, 2.24) is 0 Å². The molecule has 3 rings (SSSR count). The van der Waals surface area contributed by atoms with Gasteiger partial charge in [0.2, 0.25) is 0 Å². The van der Waals surface area contributed by atoms with E-state index in [4.69, 9.17) is 4.74 Å². The second-order valence-corrected chi connectivity index (χ2v) is 5.70. The van der Waals surface area contributed by atoms with E-state index in [1.807, 2.05) is 7.05 Å². The topological polar surface area (TPSA) is 21.3 Å². The van der Waals surface area contributed by atoms with Gasteiger partial charge in [-0.15, -0.1) is 0 Å². The van der Waals surface area contributed by atoms with Gasteiger partial charge in [-0.2, -0.15) is 0 Å². The molecule has 2 aromatic rings. The van der Waals surface area contributed by atoms with Gasteiger partial charge < -0.3 is 10.1 Å². The van der Waals surface area contributed by atoms with Crippen LogP contribution in [0.15, 0.2) is 42.5 Å². The molecular weight excluding hydrogens is 246 g/mol. The number of aryl methyl sites for hydroxylation is 2. The maximum atomic E-state index is 5.57. The van der Waals surface area contributed by atoms with Crippen molar-refractivity contribution >= 4 is 5.69 Å². The lowest BCUT2D eigenvalue weighted by Gasteiger charge is -2.43. The first kappa shape index (κ1) is 13.2. The van der Waals surface area contributed by atoms with Crippen LogP contribution in [0, 0.1) is 13.8 Å². The average Bonchev–Trinajstić information content (AvgIpc) is 2.42. The quantitative estimate of drug-likeness (QED) is 0.916. The van der Waals surface area contributed by atoms with Gasteiger partial charge in [0, 0.05) is 12.7 Å². The molecule has 20 heavy (non-hydrogen) atoms. The first-order valence-electron chi connectivity index (χ1n) is 7.09. The Bertz CT molecular complexity index is 629. The van der Waals surface area contributed by atoms with Crippen LogP contribution in [0.1, 0.15) is 22.3 Å². The third-order valence-electron chi connectivity index (χ3n) is 4.46. The summed E-state index contributed by atoms with van der Waals surface area (Å²) in [5, 5.41) is 3.22. The molecule has 0 spiro atoms. The van der Waals surface area contributed by atoms with E-state index < -0.39 is 0 Å². The van der Waals surface area contributed by atoms with Crippen LogP contribution in [0.3, 0.4) is 0 Å². The number of ether oxygens (including phenoxy) is 1. The molecule has 0 aromatic heterocycles.